The van der Waals surface area contributed by atoms with Crippen LogP contribution in [-0.2, 0) is 11.2 Å². The number of likely N-dealkylation sites (tertiary alicyclic amines) is 1. The van der Waals surface area contributed by atoms with Gasteiger partial charge in [-0.2, -0.15) is 0 Å². The quantitative estimate of drug-likeness (QED) is 0.500. The molecule has 7 nitrogen and oxygen atoms in total. The maximum Gasteiger partial charge on any atom is 0.227 e. The number of benzene rings is 2. The van der Waals surface area contributed by atoms with Gasteiger partial charge in [0.2, 0.25) is 5.91 Å². The number of likely N-dealkylation sites (N-methyl/N-ethyl adjacent to an activating group) is 1. The average Bonchev–Trinajstić information content (AvgIpc) is 3.46. The monoisotopic (exact) mass is 438 g/mol. The maximum absolute atomic E-state index is 13.3. The van der Waals surface area contributed by atoms with E-state index in [9.17, 15) is 4.79 Å². The molecule has 1 aliphatic rings. The van der Waals surface area contributed by atoms with Crippen LogP contribution in [0.5, 0.6) is 5.75 Å². The van der Waals surface area contributed by atoms with E-state index in [2.05, 4.69) is 4.90 Å². The molecule has 0 unspecified atom stereocenters. The molecule has 4 rings (SSSR count). The second kappa shape index (κ2) is 10.2. The Kier molecular flexibility index (Phi) is 7.09. The molecule has 2 aromatic carbocycles. The van der Waals surface area contributed by atoms with Crippen LogP contribution < -0.4 is 4.74 Å². The van der Waals surface area contributed by atoms with Crippen LogP contribution in [-0.4, -0.2) is 65.5 Å². The fraction of sp³-hybridized carbons (Fsp3) is 0.400. The van der Waals surface area contributed by atoms with E-state index in [0.29, 0.717) is 5.75 Å². The Morgan fingerprint density at radius 3 is 2.72 bits per heavy atom. The number of carbonyl (C=O) groups is 1. The van der Waals surface area contributed by atoms with Crippen molar-refractivity contribution in [2.24, 2.45) is 0 Å². The number of rotatable bonds is 9. The molecule has 170 valence electrons. The van der Waals surface area contributed by atoms with Gasteiger partial charge in [-0.15, -0.1) is 0 Å². The summed E-state index contributed by atoms with van der Waals surface area (Å²) in [5.74, 6) is 0.557. The molecule has 1 aromatic heterocycles. The third kappa shape index (κ3) is 5.30. The van der Waals surface area contributed by atoms with Crippen molar-refractivity contribution < 1.29 is 24.2 Å². The first-order chi connectivity index (χ1) is 15.5. The van der Waals surface area contributed by atoms with Crippen LogP contribution in [0.4, 0.5) is 0 Å². The Labute approximate surface area is 187 Å². The maximum atomic E-state index is 13.3. The fourth-order valence-corrected chi connectivity index (χ4v) is 4.27. The van der Waals surface area contributed by atoms with Gasteiger partial charge in [-0.05, 0) is 49.7 Å². The molecule has 32 heavy (non-hydrogen) atoms. The molecule has 2 N–H and O–H groups in total. The van der Waals surface area contributed by atoms with E-state index in [1.165, 1.54) is 12.8 Å². The molecule has 0 aliphatic carbocycles. The number of fused-ring (bicyclic) bond motifs is 1. The summed E-state index contributed by atoms with van der Waals surface area (Å²) in [4.78, 5) is 17.5. The fourth-order valence-electron chi connectivity index (χ4n) is 4.27. The number of amides is 1. The molecular weight excluding hydrogens is 408 g/mol. The Bertz CT molecular complexity index is 1040. The molecule has 1 atom stereocenters. The minimum absolute atomic E-state index is 0.0119. The number of para-hydroxylation sites is 1. The first-order valence-electron chi connectivity index (χ1n) is 11.0. The number of hydrogen-bond acceptors (Lipinski definition) is 6. The van der Waals surface area contributed by atoms with Gasteiger partial charge in [0.05, 0.1) is 18.7 Å². The highest BCUT2D eigenvalue weighted by molar-refractivity contribution is 5.87. The van der Waals surface area contributed by atoms with E-state index in [1.54, 1.807) is 17.2 Å². The zero-order chi connectivity index (χ0) is 22.5. The van der Waals surface area contributed by atoms with Crippen LogP contribution >= 0.6 is 0 Å². The topological polar surface area (TPSA) is 86.4 Å². The molecule has 0 saturated carbocycles. The highest BCUT2D eigenvalue weighted by Gasteiger charge is 2.26. The lowest BCUT2D eigenvalue weighted by Gasteiger charge is -2.32. The summed E-state index contributed by atoms with van der Waals surface area (Å²) >= 11 is 0. The number of furan rings is 1. The zero-order valence-electron chi connectivity index (χ0n) is 18.3. The van der Waals surface area contributed by atoms with Gasteiger partial charge in [0, 0.05) is 24.5 Å². The van der Waals surface area contributed by atoms with E-state index in [4.69, 9.17) is 19.4 Å². The van der Waals surface area contributed by atoms with Gasteiger partial charge in [0.1, 0.15) is 17.9 Å². The lowest BCUT2D eigenvalue weighted by molar-refractivity contribution is -0.131. The minimum Gasteiger partial charge on any atom is -0.488 e. The molecule has 7 heteroatoms. The summed E-state index contributed by atoms with van der Waals surface area (Å²) in [5, 5.41) is 19.2. The Morgan fingerprint density at radius 1 is 1.16 bits per heavy atom. The minimum atomic E-state index is -1.53. The Hall–Kier alpha value is -2.87. The molecule has 2 heterocycles. The lowest BCUT2D eigenvalue weighted by Crippen LogP contribution is -2.39. The third-order valence-corrected chi connectivity index (χ3v) is 6.04. The molecule has 0 radical (unpaired) electrons. The summed E-state index contributed by atoms with van der Waals surface area (Å²) in [6.07, 6.45) is 2.73. The summed E-state index contributed by atoms with van der Waals surface area (Å²) in [7, 11) is 1.84. The van der Waals surface area contributed by atoms with Crippen LogP contribution in [0, 0.1) is 0 Å². The Balaban J connectivity index is 1.55. The van der Waals surface area contributed by atoms with Crippen molar-refractivity contribution in [3.8, 4) is 5.75 Å². The van der Waals surface area contributed by atoms with Gasteiger partial charge >= 0.3 is 0 Å². The second-order valence-electron chi connectivity index (χ2n) is 8.33. The highest BCUT2D eigenvalue weighted by atomic mass is 16.5. The van der Waals surface area contributed by atoms with E-state index >= 15 is 0 Å². The normalized spacial score (nSPS) is 15.4. The van der Waals surface area contributed by atoms with E-state index in [-0.39, 0.29) is 25.0 Å². The second-order valence-corrected chi connectivity index (χ2v) is 8.33. The van der Waals surface area contributed by atoms with E-state index in [1.807, 2.05) is 49.5 Å². The van der Waals surface area contributed by atoms with Gasteiger partial charge < -0.3 is 29.2 Å². The van der Waals surface area contributed by atoms with Crippen molar-refractivity contribution in [2.45, 2.75) is 31.6 Å². The predicted octanol–water partition coefficient (Wildman–Crippen LogP) is 2.96. The molecular formula is C25H30N2O5. The van der Waals surface area contributed by atoms with Crippen LogP contribution in [0.15, 0.2) is 59.2 Å². The van der Waals surface area contributed by atoms with Gasteiger partial charge in [0.25, 0.3) is 0 Å². The molecule has 1 saturated heterocycles. The summed E-state index contributed by atoms with van der Waals surface area (Å²) in [6.45, 7) is 2.58. The largest absolute Gasteiger partial charge is 0.488 e. The van der Waals surface area contributed by atoms with E-state index in [0.717, 1.165) is 41.7 Å². The van der Waals surface area contributed by atoms with Crippen LogP contribution in [0.2, 0.25) is 0 Å². The van der Waals surface area contributed by atoms with Crippen LogP contribution in [0.25, 0.3) is 11.0 Å². The van der Waals surface area contributed by atoms with Crippen molar-refractivity contribution >= 4 is 16.9 Å². The number of nitrogens with zero attached hydrogens (tertiary/aromatic N) is 2. The lowest BCUT2D eigenvalue weighted by atomic mass is 10.0. The molecule has 0 spiro atoms. The smallest absolute Gasteiger partial charge is 0.227 e. The van der Waals surface area contributed by atoms with Crippen molar-refractivity contribution in [3.63, 3.8) is 0 Å². The highest BCUT2D eigenvalue weighted by Crippen LogP contribution is 2.28. The summed E-state index contributed by atoms with van der Waals surface area (Å²) < 4.78 is 11.1. The summed E-state index contributed by atoms with van der Waals surface area (Å²) in [6, 6.07) is 15.1. The summed E-state index contributed by atoms with van der Waals surface area (Å²) in [5.41, 5.74) is 2.61. The standard InChI is InChI=1S/C25H30N2O5/c1-26(24(28)14-19-16-32-23-10-3-2-9-21(19)23)22(15-27-11-4-5-12-27)18-7-6-8-20(13-18)31-17-25(29)30/h2-3,6-10,13,16,22,25,29-30H,4-5,11-12,14-15,17H2,1H3/t22-/m1/s1. The first kappa shape index (κ1) is 22.3. The molecule has 1 fully saturated rings. The molecule has 1 aliphatic heterocycles. The molecule has 1 amide bonds. The number of ether oxygens (including phenoxy) is 1. The SMILES string of the molecule is CN(C(=O)Cc1coc2ccccc12)[C@H](CN1CCCC1)c1cccc(OCC(O)O)c1. The zero-order valence-corrected chi connectivity index (χ0v) is 18.3. The van der Waals surface area contributed by atoms with E-state index < -0.39 is 6.29 Å². The van der Waals surface area contributed by atoms with Crippen molar-refractivity contribution in [1.82, 2.24) is 9.80 Å². The van der Waals surface area contributed by atoms with Gasteiger partial charge in [-0.3, -0.25) is 4.79 Å². The number of aliphatic hydroxyl groups excluding tert-OH is 1. The predicted molar refractivity (Wildman–Crippen MR) is 121 cm³/mol. The molecule has 0 bridgehead atoms. The van der Waals surface area contributed by atoms with Crippen LogP contribution in [0.1, 0.15) is 30.0 Å². The number of aliphatic hydroxyl groups is 2. The van der Waals surface area contributed by atoms with Gasteiger partial charge in [-0.1, -0.05) is 30.3 Å². The Morgan fingerprint density at radius 2 is 1.94 bits per heavy atom. The van der Waals surface area contributed by atoms with Crippen molar-refractivity contribution in [2.75, 3.05) is 33.3 Å². The van der Waals surface area contributed by atoms with Gasteiger partial charge in [0.15, 0.2) is 6.29 Å². The molecule has 3 aromatic rings. The third-order valence-electron chi connectivity index (χ3n) is 6.04. The first-order valence-corrected chi connectivity index (χ1v) is 11.0. The van der Waals surface area contributed by atoms with Crippen molar-refractivity contribution in [1.29, 1.82) is 0 Å². The van der Waals surface area contributed by atoms with Gasteiger partial charge in [-0.25, -0.2) is 0 Å². The number of hydrogen-bond donors (Lipinski definition) is 2. The average molecular weight is 439 g/mol. The van der Waals surface area contributed by atoms with Crippen molar-refractivity contribution in [3.05, 3.63) is 65.9 Å². The number of carbonyl (C=O) groups excluding carboxylic acids is 1. The van der Waals surface area contributed by atoms with Crippen LogP contribution in [0.3, 0.4) is 0 Å².